The number of rotatable bonds is 3. The Kier molecular flexibility index (Phi) is 2.56. The predicted molar refractivity (Wildman–Crippen MR) is 51.3 cm³/mol. The number of piperidine rings is 3. The predicted octanol–water partition coefficient (Wildman–Crippen LogP) is -0.249. The van der Waals surface area contributed by atoms with Crippen LogP contribution in [-0.2, 0) is 9.53 Å². The molecule has 0 spiro atoms. The summed E-state index contributed by atoms with van der Waals surface area (Å²) in [6.07, 6.45) is 0.495. The van der Waals surface area contributed by atoms with Gasteiger partial charge in [-0.15, -0.1) is 0 Å². The fourth-order valence-corrected chi connectivity index (χ4v) is 2.69. The summed E-state index contributed by atoms with van der Waals surface area (Å²) in [7, 11) is 1.46. The Labute approximate surface area is 88.0 Å². The third-order valence-corrected chi connectivity index (χ3v) is 3.64. The Hall–Kier alpha value is -0.520. The molecule has 86 valence electrons. The molecule has 15 heavy (non-hydrogen) atoms. The number of halogens is 1. The van der Waals surface area contributed by atoms with E-state index in [1.165, 1.54) is 7.11 Å². The number of ether oxygens (including phenoxy) is 1. The second-order valence-electron chi connectivity index (χ2n) is 4.40. The SMILES string of the molecule is COC[C@@]1(CO)C(=O)C2(F)CCN1CC2. The number of aliphatic hydroxyl groups excluding tert-OH is 1. The first-order valence-electron chi connectivity index (χ1n) is 5.18. The molecule has 1 N–H and O–H groups in total. The molecule has 0 unspecified atom stereocenters. The fourth-order valence-electron chi connectivity index (χ4n) is 2.69. The Morgan fingerprint density at radius 3 is 2.60 bits per heavy atom. The first-order valence-corrected chi connectivity index (χ1v) is 5.18. The summed E-state index contributed by atoms with van der Waals surface area (Å²) in [6, 6.07) is 0. The number of nitrogens with zero attached hydrogens (tertiary/aromatic N) is 1. The van der Waals surface area contributed by atoms with Crippen molar-refractivity contribution in [1.82, 2.24) is 4.90 Å². The molecule has 2 bridgehead atoms. The monoisotopic (exact) mass is 217 g/mol. The van der Waals surface area contributed by atoms with Crippen LogP contribution in [0.1, 0.15) is 12.8 Å². The van der Waals surface area contributed by atoms with Crippen LogP contribution in [0.3, 0.4) is 0 Å². The van der Waals surface area contributed by atoms with Crippen molar-refractivity contribution in [2.75, 3.05) is 33.4 Å². The van der Waals surface area contributed by atoms with E-state index >= 15 is 0 Å². The lowest BCUT2D eigenvalue weighted by Crippen LogP contribution is -2.73. The van der Waals surface area contributed by atoms with Crippen LogP contribution in [0.15, 0.2) is 0 Å². The molecule has 3 saturated heterocycles. The second-order valence-corrected chi connectivity index (χ2v) is 4.40. The van der Waals surface area contributed by atoms with Gasteiger partial charge < -0.3 is 9.84 Å². The van der Waals surface area contributed by atoms with Gasteiger partial charge in [-0.1, -0.05) is 0 Å². The molecule has 0 aromatic carbocycles. The first-order chi connectivity index (χ1) is 7.09. The largest absolute Gasteiger partial charge is 0.394 e. The Morgan fingerprint density at radius 1 is 1.53 bits per heavy atom. The van der Waals surface area contributed by atoms with E-state index in [1.54, 1.807) is 0 Å². The molecule has 0 aromatic heterocycles. The van der Waals surface area contributed by atoms with Crippen molar-refractivity contribution in [3.8, 4) is 0 Å². The molecule has 0 aliphatic carbocycles. The maximum absolute atomic E-state index is 14.2. The van der Waals surface area contributed by atoms with Crippen LogP contribution in [0.4, 0.5) is 4.39 Å². The van der Waals surface area contributed by atoms with Gasteiger partial charge in [0.1, 0.15) is 5.54 Å². The van der Waals surface area contributed by atoms with Crippen LogP contribution >= 0.6 is 0 Å². The molecular formula is C10H16FNO3. The van der Waals surface area contributed by atoms with Gasteiger partial charge in [0.05, 0.1) is 13.2 Å². The fraction of sp³-hybridized carbons (Fsp3) is 0.900. The van der Waals surface area contributed by atoms with Crippen LogP contribution in [0.2, 0.25) is 0 Å². The molecule has 3 heterocycles. The lowest BCUT2D eigenvalue weighted by atomic mass is 9.72. The van der Waals surface area contributed by atoms with Crippen molar-refractivity contribution < 1.29 is 19.0 Å². The molecule has 5 heteroatoms. The molecule has 0 saturated carbocycles. The third-order valence-electron chi connectivity index (χ3n) is 3.64. The average molecular weight is 217 g/mol. The van der Waals surface area contributed by atoms with Gasteiger partial charge in [-0.05, 0) is 0 Å². The number of carbonyl (C=O) groups is 1. The van der Waals surface area contributed by atoms with Crippen molar-refractivity contribution in [1.29, 1.82) is 0 Å². The molecular weight excluding hydrogens is 201 g/mol. The van der Waals surface area contributed by atoms with Crippen molar-refractivity contribution in [2.45, 2.75) is 24.0 Å². The molecule has 4 nitrogen and oxygen atoms in total. The number of carbonyl (C=O) groups excluding carboxylic acids is 1. The van der Waals surface area contributed by atoms with E-state index in [0.29, 0.717) is 13.1 Å². The Balaban J connectivity index is 2.34. The topological polar surface area (TPSA) is 49.8 Å². The molecule has 3 aliphatic rings. The number of hydrogen-bond acceptors (Lipinski definition) is 4. The summed E-state index contributed by atoms with van der Waals surface area (Å²) in [6.45, 7) is 0.734. The zero-order chi connectivity index (χ0) is 11.1. The van der Waals surface area contributed by atoms with E-state index in [4.69, 9.17) is 4.74 Å². The Bertz CT molecular complexity index is 276. The normalized spacial score (nSPS) is 44.7. The molecule has 3 rings (SSSR count). The standard InChI is InChI=1S/C10H16FNO3/c1-15-7-10(6-13)8(14)9(11)2-4-12(10)5-3-9/h13H,2-7H2,1H3/t10-/m0/s1. The van der Waals surface area contributed by atoms with Crippen molar-refractivity contribution in [2.24, 2.45) is 0 Å². The van der Waals surface area contributed by atoms with Crippen LogP contribution in [0, 0.1) is 0 Å². The molecule has 0 radical (unpaired) electrons. The summed E-state index contributed by atoms with van der Waals surface area (Å²) < 4.78 is 19.1. The van der Waals surface area contributed by atoms with Gasteiger partial charge in [0.15, 0.2) is 11.5 Å². The van der Waals surface area contributed by atoms with E-state index in [1.807, 2.05) is 4.90 Å². The summed E-state index contributed by atoms with van der Waals surface area (Å²) in [5.41, 5.74) is -2.88. The van der Waals surface area contributed by atoms with E-state index in [2.05, 4.69) is 0 Å². The molecule has 3 fully saturated rings. The van der Waals surface area contributed by atoms with E-state index in [-0.39, 0.29) is 26.1 Å². The minimum absolute atomic E-state index is 0.0635. The van der Waals surface area contributed by atoms with Crippen LogP contribution in [0.25, 0.3) is 0 Å². The van der Waals surface area contributed by atoms with Crippen molar-refractivity contribution >= 4 is 5.78 Å². The van der Waals surface area contributed by atoms with Crippen LogP contribution in [-0.4, -0.2) is 60.4 Å². The zero-order valence-corrected chi connectivity index (χ0v) is 8.83. The maximum atomic E-state index is 14.2. The number of ketones is 1. The molecule has 3 aliphatic heterocycles. The van der Waals surface area contributed by atoms with Gasteiger partial charge in [-0.2, -0.15) is 0 Å². The highest BCUT2D eigenvalue weighted by Crippen LogP contribution is 2.41. The summed E-state index contributed by atoms with van der Waals surface area (Å²) >= 11 is 0. The lowest BCUT2D eigenvalue weighted by molar-refractivity contribution is -0.173. The maximum Gasteiger partial charge on any atom is 0.194 e. The van der Waals surface area contributed by atoms with E-state index < -0.39 is 17.0 Å². The van der Waals surface area contributed by atoms with Crippen LogP contribution < -0.4 is 0 Å². The van der Waals surface area contributed by atoms with Gasteiger partial charge in [-0.25, -0.2) is 4.39 Å². The zero-order valence-electron chi connectivity index (χ0n) is 8.83. The lowest BCUT2D eigenvalue weighted by Gasteiger charge is -2.53. The van der Waals surface area contributed by atoms with E-state index in [0.717, 1.165) is 0 Å². The average Bonchev–Trinajstić information content (AvgIpc) is 2.25. The van der Waals surface area contributed by atoms with Gasteiger partial charge in [0, 0.05) is 33.0 Å². The van der Waals surface area contributed by atoms with Gasteiger partial charge in [0.25, 0.3) is 0 Å². The minimum atomic E-state index is -1.74. The van der Waals surface area contributed by atoms with E-state index in [9.17, 15) is 14.3 Å². The van der Waals surface area contributed by atoms with Crippen molar-refractivity contribution in [3.63, 3.8) is 0 Å². The van der Waals surface area contributed by atoms with Gasteiger partial charge >= 0.3 is 0 Å². The van der Waals surface area contributed by atoms with Gasteiger partial charge in [-0.3, -0.25) is 9.69 Å². The minimum Gasteiger partial charge on any atom is -0.394 e. The highest BCUT2D eigenvalue weighted by Gasteiger charge is 2.61. The molecule has 1 atom stereocenters. The third kappa shape index (κ3) is 1.33. The van der Waals surface area contributed by atoms with Gasteiger partial charge in [0.2, 0.25) is 0 Å². The number of methoxy groups -OCH3 is 1. The van der Waals surface area contributed by atoms with Crippen molar-refractivity contribution in [3.05, 3.63) is 0 Å². The smallest absolute Gasteiger partial charge is 0.194 e. The number of Topliss-reactive ketones (excluding diaryl/α,β-unsaturated/α-hetero) is 1. The first kappa shape index (κ1) is 11.0. The van der Waals surface area contributed by atoms with Crippen LogP contribution in [0.5, 0.6) is 0 Å². The number of hydrogen-bond donors (Lipinski definition) is 1. The number of alkyl halides is 1. The molecule has 0 amide bonds. The summed E-state index contributed by atoms with van der Waals surface area (Å²) in [4.78, 5) is 13.8. The highest BCUT2D eigenvalue weighted by molar-refractivity contribution is 5.97. The molecule has 0 aromatic rings. The number of aliphatic hydroxyl groups is 1. The number of fused-ring (bicyclic) bond motifs is 3. The highest BCUT2D eigenvalue weighted by atomic mass is 19.1. The second kappa shape index (κ2) is 3.50. The summed E-state index contributed by atoms with van der Waals surface area (Å²) in [5.74, 6) is -0.503. The quantitative estimate of drug-likeness (QED) is 0.708. The Morgan fingerprint density at radius 2 is 2.13 bits per heavy atom. The summed E-state index contributed by atoms with van der Waals surface area (Å²) in [5, 5.41) is 9.37.